The van der Waals surface area contributed by atoms with Gasteiger partial charge >= 0.3 is 0 Å². The van der Waals surface area contributed by atoms with Crippen LogP contribution in [0.4, 0.5) is 5.69 Å². The summed E-state index contributed by atoms with van der Waals surface area (Å²) in [6.07, 6.45) is -0.587. The van der Waals surface area contributed by atoms with Gasteiger partial charge in [0, 0.05) is 51.5 Å². The maximum absolute atomic E-state index is 13.6. The van der Waals surface area contributed by atoms with Gasteiger partial charge in [0.05, 0.1) is 7.11 Å². The number of carbonyl (C=O) groups is 2. The zero-order valence-electron chi connectivity index (χ0n) is 19.4. The summed E-state index contributed by atoms with van der Waals surface area (Å²) in [4.78, 5) is 33.5. The Balaban J connectivity index is 1.68. The SMILES string of the molecule is COc1ccc(N2C(C(=O)N3CCN(C)CC3)=C(O)C(OC3CN(C)CCN3)C2C=O)cc1. The topological polar surface area (TPSA) is 97.8 Å². The molecule has 2 N–H and O–H groups in total. The maximum atomic E-state index is 13.6. The van der Waals surface area contributed by atoms with Crippen molar-refractivity contribution in [3.05, 3.63) is 35.7 Å². The van der Waals surface area contributed by atoms with E-state index < -0.39 is 12.1 Å². The second-order valence-electron chi connectivity index (χ2n) is 8.79. The number of carbonyl (C=O) groups excluding carboxylic acids is 2. The first-order chi connectivity index (χ1) is 15.9. The van der Waals surface area contributed by atoms with Crippen molar-refractivity contribution in [1.82, 2.24) is 20.0 Å². The van der Waals surface area contributed by atoms with Crippen molar-refractivity contribution in [2.24, 2.45) is 0 Å². The molecule has 180 valence electrons. The molecule has 3 atom stereocenters. The van der Waals surface area contributed by atoms with Gasteiger partial charge < -0.3 is 39.0 Å². The second kappa shape index (κ2) is 10.1. The van der Waals surface area contributed by atoms with Crippen molar-refractivity contribution < 1.29 is 24.2 Å². The molecule has 1 aromatic rings. The fourth-order valence-corrected chi connectivity index (χ4v) is 4.52. The molecule has 10 nitrogen and oxygen atoms in total. The Morgan fingerprint density at radius 2 is 1.79 bits per heavy atom. The number of piperazine rings is 2. The fraction of sp³-hybridized carbons (Fsp3) is 0.565. The highest BCUT2D eigenvalue weighted by atomic mass is 16.5. The summed E-state index contributed by atoms with van der Waals surface area (Å²) in [7, 11) is 5.58. The zero-order chi connectivity index (χ0) is 23.5. The standard InChI is InChI=1S/C23H33N5O5/c1-25-10-12-27(13-11-25)23(31)20-21(30)22(33-19-14-26(2)9-8-24-19)18(15-29)28(20)16-4-6-17(32-3)7-5-16/h4-7,15,18-19,22,24,30H,8-14H2,1-3H3. The molecule has 1 aromatic carbocycles. The largest absolute Gasteiger partial charge is 0.507 e. The van der Waals surface area contributed by atoms with Crippen LogP contribution in [-0.4, -0.2) is 117 Å². The van der Waals surface area contributed by atoms with E-state index in [4.69, 9.17) is 9.47 Å². The average Bonchev–Trinajstić information content (AvgIpc) is 3.10. The van der Waals surface area contributed by atoms with Gasteiger partial charge in [-0.1, -0.05) is 0 Å². The van der Waals surface area contributed by atoms with E-state index in [1.54, 1.807) is 41.2 Å². The average molecular weight is 460 g/mol. The summed E-state index contributed by atoms with van der Waals surface area (Å²) in [6, 6.07) is 6.19. The lowest BCUT2D eigenvalue weighted by Crippen LogP contribution is -2.53. The van der Waals surface area contributed by atoms with Crippen molar-refractivity contribution >= 4 is 17.9 Å². The molecule has 2 saturated heterocycles. The van der Waals surface area contributed by atoms with Crippen molar-refractivity contribution in [2.45, 2.75) is 18.4 Å². The lowest BCUT2D eigenvalue weighted by molar-refractivity contribution is -0.128. The van der Waals surface area contributed by atoms with Gasteiger partial charge in [0.1, 0.15) is 36.1 Å². The summed E-state index contributed by atoms with van der Waals surface area (Å²) in [5, 5.41) is 14.5. The predicted molar refractivity (Wildman–Crippen MR) is 123 cm³/mol. The molecule has 0 radical (unpaired) electrons. The number of hydrogen-bond acceptors (Lipinski definition) is 9. The molecule has 33 heavy (non-hydrogen) atoms. The van der Waals surface area contributed by atoms with E-state index >= 15 is 0 Å². The number of ether oxygens (including phenoxy) is 2. The number of aldehydes is 1. The highest BCUT2D eigenvalue weighted by Gasteiger charge is 2.47. The lowest BCUT2D eigenvalue weighted by Gasteiger charge is -2.35. The number of rotatable bonds is 6. The normalized spacial score (nSPS) is 27.2. The summed E-state index contributed by atoms with van der Waals surface area (Å²) in [6.45, 7) is 4.83. The van der Waals surface area contributed by atoms with Gasteiger partial charge in [-0.2, -0.15) is 0 Å². The molecule has 0 saturated carbocycles. The van der Waals surface area contributed by atoms with Gasteiger partial charge in [0.2, 0.25) is 0 Å². The van der Waals surface area contributed by atoms with E-state index in [2.05, 4.69) is 15.1 Å². The second-order valence-corrected chi connectivity index (χ2v) is 8.79. The van der Waals surface area contributed by atoms with E-state index in [0.29, 0.717) is 31.1 Å². The quantitative estimate of drug-likeness (QED) is 0.564. The van der Waals surface area contributed by atoms with Crippen molar-refractivity contribution in [3.63, 3.8) is 0 Å². The predicted octanol–water partition coefficient (Wildman–Crippen LogP) is -0.127. The van der Waals surface area contributed by atoms with Crippen LogP contribution in [0.3, 0.4) is 0 Å². The summed E-state index contributed by atoms with van der Waals surface area (Å²) in [5.74, 6) is 0.146. The van der Waals surface area contributed by atoms with Crippen LogP contribution in [0.2, 0.25) is 0 Å². The number of methoxy groups -OCH3 is 1. The molecule has 10 heteroatoms. The van der Waals surface area contributed by atoms with Crippen LogP contribution in [0.1, 0.15) is 0 Å². The van der Waals surface area contributed by atoms with Gasteiger partial charge in [0.15, 0.2) is 5.76 Å². The van der Waals surface area contributed by atoms with E-state index in [9.17, 15) is 14.7 Å². The van der Waals surface area contributed by atoms with Gasteiger partial charge in [-0.3, -0.25) is 10.1 Å². The van der Waals surface area contributed by atoms with Crippen molar-refractivity contribution in [2.75, 3.05) is 71.9 Å². The van der Waals surface area contributed by atoms with E-state index in [1.807, 2.05) is 14.1 Å². The van der Waals surface area contributed by atoms with Crippen LogP contribution < -0.4 is 15.0 Å². The van der Waals surface area contributed by atoms with Crippen LogP contribution in [0.25, 0.3) is 0 Å². The molecule has 3 aliphatic rings. The zero-order valence-corrected chi connectivity index (χ0v) is 19.4. The maximum Gasteiger partial charge on any atom is 0.274 e. The molecule has 2 fully saturated rings. The van der Waals surface area contributed by atoms with Crippen LogP contribution in [0.15, 0.2) is 35.7 Å². The molecule has 3 heterocycles. The van der Waals surface area contributed by atoms with Crippen molar-refractivity contribution in [1.29, 1.82) is 0 Å². The third-order valence-electron chi connectivity index (χ3n) is 6.50. The molecule has 4 rings (SSSR count). The Morgan fingerprint density at radius 1 is 1.09 bits per heavy atom. The minimum atomic E-state index is -0.958. The smallest absolute Gasteiger partial charge is 0.274 e. The number of nitrogens with zero attached hydrogens (tertiary/aromatic N) is 4. The van der Waals surface area contributed by atoms with E-state index in [1.165, 1.54) is 0 Å². The first-order valence-electron chi connectivity index (χ1n) is 11.3. The first kappa shape index (κ1) is 23.5. The van der Waals surface area contributed by atoms with E-state index in [0.717, 1.165) is 32.5 Å². The number of amides is 1. The number of likely N-dealkylation sites (N-methyl/N-ethyl adjacent to an activating group) is 2. The number of anilines is 1. The van der Waals surface area contributed by atoms with Crippen molar-refractivity contribution in [3.8, 4) is 5.75 Å². The molecule has 3 unspecified atom stereocenters. The minimum absolute atomic E-state index is 0.0935. The number of aliphatic hydroxyl groups excluding tert-OH is 1. The molecule has 0 bridgehead atoms. The Hall–Kier alpha value is -2.66. The molecule has 0 aromatic heterocycles. The number of aliphatic hydroxyl groups is 1. The Bertz CT molecular complexity index is 884. The lowest BCUT2D eigenvalue weighted by atomic mass is 10.1. The fourth-order valence-electron chi connectivity index (χ4n) is 4.52. The van der Waals surface area contributed by atoms with Gasteiger partial charge in [-0.25, -0.2) is 0 Å². The monoisotopic (exact) mass is 459 g/mol. The highest BCUT2D eigenvalue weighted by Crippen LogP contribution is 2.36. The molecular weight excluding hydrogens is 426 g/mol. The van der Waals surface area contributed by atoms with Gasteiger partial charge in [-0.15, -0.1) is 0 Å². The summed E-state index contributed by atoms with van der Waals surface area (Å²) < 4.78 is 11.4. The summed E-state index contributed by atoms with van der Waals surface area (Å²) >= 11 is 0. The minimum Gasteiger partial charge on any atom is -0.507 e. The molecule has 0 spiro atoms. The summed E-state index contributed by atoms with van der Waals surface area (Å²) in [5.41, 5.74) is 0.702. The molecular formula is C23H33N5O5. The molecule has 0 aliphatic carbocycles. The molecule has 3 aliphatic heterocycles. The van der Waals surface area contributed by atoms with Crippen LogP contribution >= 0.6 is 0 Å². The van der Waals surface area contributed by atoms with E-state index in [-0.39, 0.29) is 23.6 Å². The Labute approximate surface area is 194 Å². The Morgan fingerprint density at radius 3 is 2.39 bits per heavy atom. The van der Waals surface area contributed by atoms with Gasteiger partial charge in [-0.05, 0) is 38.4 Å². The number of hydrogen-bond donors (Lipinski definition) is 2. The highest BCUT2D eigenvalue weighted by molar-refractivity contribution is 6.00. The van der Waals surface area contributed by atoms with Crippen LogP contribution in [0, 0.1) is 0 Å². The van der Waals surface area contributed by atoms with Crippen LogP contribution in [0.5, 0.6) is 5.75 Å². The van der Waals surface area contributed by atoms with Crippen LogP contribution in [-0.2, 0) is 14.3 Å². The first-order valence-corrected chi connectivity index (χ1v) is 11.3. The molecule has 1 amide bonds. The third kappa shape index (κ3) is 4.84. The number of nitrogens with one attached hydrogen (secondary N) is 1. The Kier molecular flexibility index (Phi) is 7.18. The third-order valence-corrected chi connectivity index (χ3v) is 6.50. The van der Waals surface area contributed by atoms with Gasteiger partial charge in [0.25, 0.3) is 5.91 Å². The number of benzene rings is 1.